The van der Waals surface area contributed by atoms with Gasteiger partial charge in [-0.15, -0.1) is 0 Å². The lowest BCUT2D eigenvalue weighted by Gasteiger charge is -2.37. The molecule has 5 nitrogen and oxygen atoms in total. The third-order valence-corrected chi connectivity index (χ3v) is 6.29. The van der Waals surface area contributed by atoms with Gasteiger partial charge in [-0.05, 0) is 37.3 Å². The van der Waals surface area contributed by atoms with Crippen molar-refractivity contribution in [1.82, 2.24) is 14.7 Å². The summed E-state index contributed by atoms with van der Waals surface area (Å²) in [6.07, 6.45) is 3.17. The van der Waals surface area contributed by atoms with Gasteiger partial charge in [0.2, 0.25) is 5.91 Å². The second-order valence-corrected chi connectivity index (χ2v) is 7.76. The minimum atomic E-state index is 0.144. The van der Waals surface area contributed by atoms with E-state index in [1.54, 1.807) is 0 Å². The fourth-order valence-electron chi connectivity index (χ4n) is 4.73. The first-order valence-corrected chi connectivity index (χ1v) is 9.47. The molecule has 0 unspecified atom stereocenters. The molecule has 3 fully saturated rings. The van der Waals surface area contributed by atoms with E-state index in [-0.39, 0.29) is 11.8 Å². The van der Waals surface area contributed by atoms with E-state index in [0.717, 1.165) is 57.5 Å². The van der Waals surface area contributed by atoms with Gasteiger partial charge in [-0.3, -0.25) is 14.5 Å². The number of amides is 2. The van der Waals surface area contributed by atoms with Crippen LogP contribution in [-0.2, 0) is 4.79 Å². The normalized spacial score (nSPS) is 28.3. The second-order valence-electron chi connectivity index (χ2n) is 7.76. The molecule has 4 rings (SSSR count). The molecule has 0 aliphatic carbocycles. The zero-order valence-corrected chi connectivity index (χ0v) is 14.9. The van der Waals surface area contributed by atoms with Crippen LogP contribution in [-0.4, -0.2) is 72.3 Å². The van der Waals surface area contributed by atoms with Gasteiger partial charge in [0.05, 0.1) is 5.92 Å². The standard InChI is InChI=1S/C20H27N3O2/c1-21-10-7-16-13-23(14-18(16)20(21)25)17-8-11-22(12-9-17)19(24)15-5-3-2-4-6-15/h2-6,16-18H,7-14H2,1H3/t16-,18+/m1/s1. The van der Waals surface area contributed by atoms with E-state index in [0.29, 0.717) is 17.9 Å². The highest BCUT2D eigenvalue weighted by atomic mass is 16.2. The van der Waals surface area contributed by atoms with Gasteiger partial charge in [0.25, 0.3) is 5.91 Å². The molecule has 2 amide bonds. The second kappa shape index (κ2) is 6.79. The highest BCUT2D eigenvalue weighted by Crippen LogP contribution is 2.34. The van der Waals surface area contributed by atoms with Crippen molar-refractivity contribution in [3.63, 3.8) is 0 Å². The minimum Gasteiger partial charge on any atom is -0.345 e. The molecule has 0 spiro atoms. The molecule has 3 saturated heterocycles. The van der Waals surface area contributed by atoms with Crippen molar-refractivity contribution in [2.75, 3.05) is 39.8 Å². The number of hydrogen-bond acceptors (Lipinski definition) is 3. The molecular formula is C20H27N3O2. The number of nitrogens with zero attached hydrogens (tertiary/aromatic N) is 3. The van der Waals surface area contributed by atoms with Crippen LogP contribution in [0.2, 0.25) is 0 Å². The third-order valence-electron chi connectivity index (χ3n) is 6.29. The Hall–Kier alpha value is -1.88. The van der Waals surface area contributed by atoms with Gasteiger partial charge in [-0.2, -0.15) is 0 Å². The zero-order valence-electron chi connectivity index (χ0n) is 14.9. The lowest BCUT2D eigenvalue weighted by atomic mass is 9.88. The van der Waals surface area contributed by atoms with Crippen molar-refractivity contribution in [3.8, 4) is 0 Å². The van der Waals surface area contributed by atoms with Gasteiger partial charge in [0.15, 0.2) is 0 Å². The SMILES string of the molecule is CN1CC[C@@H]2CN(C3CCN(C(=O)c4ccccc4)CC3)C[C@@H]2C1=O. The first-order chi connectivity index (χ1) is 12.1. The van der Waals surface area contributed by atoms with Crippen molar-refractivity contribution in [2.24, 2.45) is 11.8 Å². The first-order valence-electron chi connectivity index (χ1n) is 9.47. The van der Waals surface area contributed by atoms with Crippen LogP contribution in [0.3, 0.4) is 0 Å². The molecule has 2 atom stereocenters. The van der Waals surface area contributed by atoms with Crippen LogP contribution in [0.15, 0.2) is 30.3 Å². The van der Waals surface area contributed by atoms with Gasteiger partial charge >= 0.3 is 0 Å². The lowest BCUT2D eigenvalue weighted by molar-refractivity contribution is -0.137. The van der Waals surface area contributed by atoms with Crippen LogP contribution in [0.4, 0.5) is 0 Å². The molecule has 0 N–H and O–H groups in total. The average Bonchev–Trinajstić information content (AvgIpc) is 3.10. The number of hydrogen-bond donors (Lipinski definition) is 0. The smallest absolute Gasteiger partial charge is 0.253 e. The number of piperidine rings is 2. The molecule has 0 radical (unpaired) electrons. The highest BCUT2D eigenvalue weighted by Gasteiger charge is 2.44. The maximum absolute atomic E-state index is 12.6. The molecule has 3 heterocycles. The number of carbonyl (C=O) groups is 2. The van der Waals surface area contributed by atoms with Gasteiger partial charge in [0, 0.05) is 51.4 Å². The van der Waals surface area contributed by atoms with E-state index in [1.165, 1.54) is 0 Å². The third kappa shape index (κ3) is 3.17. The van der Waals surface area contributed by atoms with Crippen molar-refractivity contribution in [2.45, 2.75) is 25.3 Å². The molecule has 5 heteroatoms. The summed E-state index contributed by atoms with van der Waals surface area (Å²) in [5.74, 6) is 1.21. The number of carbonyl (C=O) groups excluding carboxylic acids is 2. The molecule has 3 aliphatic heterocycles. The zero-order chi connectivity index (χ0) is 17.4. The van der Waals surface area contributed by atoms with E-state index < -0.39 is 0 Å². The van der Waals surface area contributed by atoms with Crippen LogP contribution < -0.4 is 0 Å². The number of fused-ring (bicyclic) bond motifs is 1. The van der Waals surface area contributed by atoms with Gasteiger partial charge in [-0.1, -0.05) is 18.2 Å². The summed E-state index contributed by atoms with van der Waals surface area (Å²) < 4.78 is 0. The number of rotatable bonds is 2. The Balaban J connectivity index is 1.34. The van der Waals surface area contributed by atoms with Crippen LogP contribution in [0.25, 0.3) is 0 Å². The Morgan fingerprint density at radius 3 is 2.44 bits per heavy atom. The average molecular weight is 341 g/mol. The summed E-state index contributed by atoms with van der Waals surface area (Å²) in [7, 11) is 1.93. The summed E-state index contributed by atoms with van der Waals surface area (Å²) in [5, 5.41) is 0. The largest absolute Gasteiger partial charge is 0.345 e. The Kier molecular flexibility index (Phi) is 4.50. The molecule has 1 aromatic rings. The van der Waals surface area contributed by atoms with E-state index in [9.17, 15) is 9.59 Å². The maximum Gasteiger partial charge on any atom is 0.253 e. The summed E-state index contributed by atoms with van der Waals surface area (Å²) in [6.45, 7) is 4.50. The van der Waals surface area contributed by atoms with Crippen molar-refractivity contribution < 1.29 is 9.59 Å². The Morgan fingerprint density at radius 1 is 1.00 bits per heavy atom. The molecule has 3 aliphatic rings. The summed E-state index contributed by atoms with van der Waals surface area (Å²) in [6, 6.07) is 10.1. The molecule has 1 aromatic carbocycles. The van der Waals surface area contributed by atoms with Crippen LogP contribution in [0, 0.1) is 11.8 Å². The Bertz CT molecular complexity index is 640. The van der Waals surface area contributed by atoms with Crippen molar-refractivity contribution >= 4 is 11.8 Å². The molecule has 25 heavy (non-hydrogen) atoms. The molecule has 0 saturated carbocycles. The Morgan fingerprint density at radius 2 is 1.72 bits per heavy atom. The van der Waals surface area contributed by atoms with Gasteiger partial charge in [0.1, 0.15) is 0 Å². The molecule has 0 bridgehead atoms. The van der Waals surface area contributed by atoms with E-state index in [4.69, 9.17) is 0 Å². The van der Waals surface area contributed by atoms with Gasteiger partial charge < -0.3 is 9.80 Å². The highest BCUT2D eigenvalue weighted by molar-refractivity contribution is 5.94. The van der Waals surface area contributed by atoms with E-state index >= 15 is 0 Å². The summed E-state index contributed by atoms with van der Waals surface area (Å²) in [5.41, 5.74) is 0.779. The maximum atomic E-state index is 12.6. The van der Waals surface area contributed by atoms with Crippen LogP contribution in [0.5, 0.6) is 0 Å². The van der Waals surface area contributed by atoms with Gasteiger partial charge in [-0.25, -0.2) is 0 Å². The predicted octanol–water partition coefficient (Wildman–Crippen LogP) is 1.70. The van der Waals surface area contributed by atoms with E-state index in [1.807, 2.05) is 47.2 Å². The van der Waals surface area contributed by atoms with Crippen molar-refractivity contribution in [3.05, 3.63) is 35.9 Å². The van der Waals surface area contributed by atoms with Crippen LogP contribution >= 0.6 is 0 Å². The predicted molar refractivity (Wildman–Crippen MR) is 96.2 cm³/mol. The minimum absolute atomic E-state index is 0.144. The monoisotopic (exact) mass is 341 g/mol. The Labute approximate surface area is 149 Å². The van der Waals surface area contributed by atoms with Crippen LogP contribution in [0.1, 0.15) is 29.6 Å². The number of likely N-dealkylation sites (tertiary alicyclic amines) is 3. The fourth-order valence-corrected chi connectivity index (χ4v) is 4.73. The summed E-state index contributed by atoms with van der Waals surface area (Å²) in [4.78, 5) is 31.4. The molecular weight excluding hydrogens is 314 g/mol. The first kappa shape index (κ1) is 16.6. The summed E-state index contributed by atoms with van der Waals surface area (Å²) >= 11 is 0. The molecule has 134 valence electrons. The quantitative estimate of drug-likeness (QED) is 0.822. The molecule has 0 aromatic heterocycles. The topological polar surface area (TPSA) is 43.9 Å². The lowest BCUT2D eigenvalue weighted by Crippen LogP contribution is -2.46. The van der Waals surface area contributed by atoms with E-state index in [2.05, 4.69) is 4.90 Å². The number of benzene rings is 1. The van der Waals surface area contributed by atoms with Crippen molar-refractivity contribution in [1.29, 1.82) is 0 Å². The fraction of sp³-hybridized carbons (Fsp3) is 0.600.